The molecule has 0 aliphatic rings. The molecule has 0 fully saturated rings. The molecular formula is C14H15ClS. The van der Waals surface area contributed by atoms with Crippen molar-refractivity contribution >= 4 is 22.9 Å². The van der Waals surface area contributed by atoms with Gasteiger partial charge in [0.25, 0.3) is 0 Å². The first-order valence-corrected chi connectivity index (χ1v) is 6.69. The van der Waals surface area contributed by atoms with Crippen LogP contribution in [-0.2, 0) is 6.42 Å². The smallest absolute Gasteiger partial charge is 0.0406 e. The van der Waals surface area contributed by atoms with Gasteiger partial charge in [0.2, 0.25) is 0 Å². The van der Waals surface area contributed by atoms with Crippen molar-refractivity contribution in [1.29, 1.82) is 0 Å². The Hall–Kier alpha value is -0.790. The zero-order valence-electron chi connectivity index (χ0n) is 9.53. The van der Waals surface area contributed by atoms with E-state index in [4.69, 9.17) is 11.6 Å². The minimum absolute atomic E-state index is 0.719. The summed E-state index contributed by atoms with van der Waals surface area (Å²) in [4.78, 5) is 2.78. The standard InChI is InChI=1S/C14H15ClS/c1-10(2)9-13-7-8-14(16-13)11-3-5-12(15)6-4-11/h3-8,10H,9H2,1-2H3. The maximum Gasteiger partial charge on any atom is 0.0406 e. The van der Waals surface area contributed by atoms with Gasteiger partial charge >= 0.3 is 0 Å². The molecule has 0 spiro atoms. The summed E-state index contributed by atoms with van der Waals surface area (Å²) in [5, 5.41) is 0.794. The third-order valence-corrected chi connectivity index (χ3v) is 3.81. The first-order valence-electron chi connectivity index (χ1n) is 5.50. The Morgan fingerprint density at radius 3 is 2.38 bits per heavy atom. The molecule has 2 heteroatoms. The minimum Gasteiger partial charge on any atom is -0.140 e. The van der Waals surface area contributed by atoms with Crippen LogP contribution in [-0.4, -0.2) is 0 Å². The van der Waals surface area contributed by atoms with Crippen molar-refractivity contribution in [2.45, 2.75) is 20.3 Å². The van der Waals surface area contributed by atoms with Crippen LogP contribution in [0.1, 0.15) is 18.7 Å². The molecule has 0 saturated heterocycles. The average Bonchev–Trinajstić information content (AvgIpc) is 2.66. The van der Waals surface area contributed by atoms with E-state index in [9.17, 15) is 0 Å². The van der Waals surface area contributed by atoms with Gasteiger partial charge in [-0.05, 0) is 42.2 Å². The van der Waals surface area contributed by atoms with Gasteiger partial charge in [0.1, 0.15) is 0 Å². The molecule has 84 valence electrons. The third kappa shape index (κ3) is 2.87. The first kappa shape index (κ1) is 11.7. The summed E-state index contributed by atoms with van der Waals surface area (Å²) >= 11 is 7.75. The highest BCUT2D eigenvalue weighted by Crippen LogP contribution is 2.30. The lowest BCUT2D eigenvalue weighted by Gasteiger charge is -2.00. The molecule has 0 nitrogen and oxygen atoms in total. The van der Waals surface area contributed by atoms with Crippen LogP contribution in [0.5, 0.6) is 0 Å². The quantitative estimate of drug-likeness (QED) is 0.696. The molecule has 0 amide bonds. The van der Waals surface area contributed by atoms with Crippen LogP contribution in [0.2, 0.25) is 5.02 Å². The van der Waals surface area contributed by atoms with Crippen molar-refractivity contribution < 1.29 is 0 Å². The molecule has 0 unspecified atom stereocenters. The normalized spacial score (nSPS) is 11.0. The molecule has 1 aromatic carbocycles. The molecule has 1 heterocycles. The zero-order valence-corrected chi connectivity index (χ0v) is 11.1. The third-order valence-electron chi connectivity index (χ3n) is 2.40. The molecule has 0 aliphatic carbocycles. The van der Waals surface area contributed by atoms with E-state index in [0.29, 0.717) is 0 Å². The molecule has 0 radical (unpaired) electrons. The summed E-state index contributed by atoms with van der Waals surface area (Å²) in [5.74, 6) is 0.719. The van der Waals surface area contributed by atoms with Crippen LogP contribution in [0.25, 0.3) is 10.4 Å². The zero-order chi connectivity index (χ0) is 11.5. The molecule has 16 heavy (non-hydrogen) atoms. The number of hydrogen-bond donors (Lipinski definition) is 0. The van der Waals surface area contributed by atoms with E-state index in [2.05, 4.69) is 38.1 Å². The number of halogens is 1. The van der Waals surface area contributed by atoms with Gasteiger partial charge in [0.15, 0.2) is 0 Å². The van der Waals surface area contributed by atoms with Gasteiger partial charge in [-0.2, -0.15) is 0 Å². The molecule has 0 aliphatic heterocycles. The van der Waals surface area contributed by atoms with Crippen molar-refractivity contribution in [3.63, 3.8) is 0 Å². The van der Waals surface area contributed by atoms with E-state index in [1.807, 2.05) is 23.5 Å². The Balaban J connectivity index is 2.21. The second kappa shape index (κ2) is 5.03. The number of hydrogen-bond acceptors (Lipinski definition) is 1. The Bertz CT molecular complexity index is 454. The molecule has 0 N–H and O–H groups in total. The predicted molar refractivity (Wildman–Crippen MR) is 73.3 cm³/mol. The highest BCUT2D eigenvalue weighted by Gasteiger charge is 2.04. The summed E-state index contributed by atoms with van der Waals surface area (Å²) in [6.07, 6.45) is 1.16. The number of benzene rings is 1. The van der Waals surface area contributed by atoms with E-state index in [1.165, 1.54) is 15.3 Å². The van der Waals surface area contributed by atoms with Crippen LogP contribution in [0.3, 0.4) is 0 Å². The van der Waals surface area contributed by atoms with Gasteiger partial charge in [-0.25, -0.2) is 0 Å². The predicted octanol–water partition coefficient (Wildman–Crippen LogP) is 5.27. The lowest BCUT2D eigenvalue weighted by molar-refractivity contribution is 0.654. The van der Waals surface area contributed by atoms with E-state index in [1.54, 1.807) is 0 Å². The number of rotatable bonds is 3. The van der Waals surface area contributed by atoms with Crippen LogP contribution >= 0.6 is 22.9 Å². The molecule has 2 rings (SSSR count). The summed E-state index contributed by atoms with van der Waals surface area (Å²) in [5.41, 5.74) is 1.25. The monoisotopic (exact) mass is 250 g/mol. The largest absolute Gasteiger partial charge is 0.140 e. The second-order valence-electron chi connectivity index (χ2n) is 4.37. The molecular weight excluding hydrogens is 236 g/mol. The Labute approximate surface area is 106 Å². The SMILES string of the molecule is CC(C)Cc1ccc(-c2ccc(Cl)cc2)s1. The topological polar surface area (TPSA) is 0 Å². The average molecular weight is 251 g/mol. The lowest BCUT2D eigenvalue weighted by Crippen LogP contribution is -1.89. The molecule has 1 aromatic heterocycles. The van der Waals surface area contributed by atoms with Gasteiger partial charge < -0.3 is 0 Å². The van der Waals surface area contributed by atoms with Crippen molar-refractivity contribution in [1.82, 2.24) is 0 Å². The van der Waals surface area contributed by atoms with Crippen LogP contribution in [0.4, 0.5) is 0 Å². The van der Waals surface area contributed by atoms with Crippen molar-refractivity contribution in [3.05, 3.63) is 46.3 Å². The molecule has 0 bridgehead atoms. The Kier molecular flexibility index (Phi) is 3.67. The molecule has 0 atom stereocenters. The fourth-order valence-electron chi connectivity index (χ4n) is 1.66. The van der Waals surface area contributed by atoms with Gasteiger partial charge in [-0.1, -0.05) is 37.6 Å². The highest BCUT2D eigenvalue weighted by molar-refractivity contribution is 7.15. The first-order chi connectivity index (χ1) is 7.65. The van der Waals surface area contributed by atoms with Gasteiger partial charge in [0.05, 0.1) is 0 Å². The van der Waals surface area contributed by atoms with Crippen molar-refractivity contribution in [2.24, 2.45) is 5.92 Å². The van der Waals surface area contributed by atoms with Crippen molar-refractivity contribution in [2.75, 3.05) is 0 Å². The van der Waals surface area contributed by atoms with E-state index in [-0.39, 0.29) is 0 Å². The van der Waals surface area contributed by atoms with Crippen molar-refractivity contribution in [3.8, 4) is 10.4 Å². The second-order valence-corrected chi connectivity index (χ2v) is 5.98. The maximum atomic E-state index is 5.88. The molecule has 0 saturated carbocycles. The Morgan fingerprint density at radius 2 is 1.75 bits per heavy atom. The fourth-order valence-corrected chi connectivity index (χ4v) is 3.01. The lowest BCUT2D eigenvalue weighted by atomic mass is 10.1. The van der Waals surface area contributed by atoms with E-state index < -0.39 is 0 Å². The van der Waals surface area contributed by atoms with Crippen LogP contribution in [0, 0.1) is 5.92 Å². The minimum atomic E-state index is 0.719. The summed E-state index contributed by atoms with van der Waals surface area (Å²) in [6.45, 7) is 4.50. The van der Waals surface area contributed by atoms with Gasteiger partial charge in [-0.3, -0.25) is 0 Å². The van der Waals surface area contributed by atoms with Gasteiger partial charge in [0, 0.05) is 14.8 Å². The summed E-state index contributed by atoms with van der Waals surface area (Å²) < 4.78 is 0. The maximum absolute atomic E-state index is 5.88. The van der Waals surface area contributed by atoms with E-state index in [0.717, 1.165) is 17.4 Å². The Morgan fingerprint density at radius 1 is 1.06 bits per heavy atom. The fraction of sp³-hybridized carbons (Fsp3) is 0.286. The summed E-state index contributed by atoms with van der Waals surface area (Å²) in [7, 11) is 0. The van der Waals surface area contributed by atoms with Gasteiger partial charge in [-0.15, -0.1) is 11.3 Å². The summed E-state index contributed by atoms with van der Waals surface area (Å²) in [6, 6.07) is 12.5. The highest BCUT2D eigenvalue weighted by atomic mass is 35.5. The molecule has 2 aromatic rings. The number of thiophene rings is 1. The van der Waals surface area contributed by atoms with E-state index >= 15 is 0 Å². The van der Waals surface area contributed by atoms with Crippen LogP contribution < -0.4 is 0 Å². The van der Waals surface area contributed by atoms with Crippen LogP contribution in [0.15, 0.2) is 36.4 Å².